The summed E-state index contributed by atoms with van der Waals surface area (Å²) < 4.78 is 5.94. The number of hydrogen-bond donors (Lipinski definition) is 1. The molecule has 0 N–H and O–H groups in total. The largest absolute Gasteiger partial charge is 0.455 e. The van der Waals surface area contributed by atoms with E-state index in [0.717, 1.165) is 21.3 Å². The minimum atomic E-state index is 0.795. The summed E-state index contributed by atoms with van der Waals surface area (Å²) in [6, 6.07) is 12.2. The number of thioether (sulfide) groups is 1. The molecule has 0 amide bonds. The Kier molecular flexibility index (Phi) is 4.25. The molecule has 3 heteroatoms. The van der Waals surface area contributed by atoms with Gasteiger partial charge in [-0.25, -0.2) is 0 Å². The second kappa shape index (κ2) is 5.72. The zero-order chi connectivity index (χ0) is 13.1. The SMILES string of the molecule is CSc1cc(C)ccc1Oc1ccc(C)cc1S. The van der Waals surface area contributed by atoms with Crippen molar-refractivity contribution in [1.82, 2.24) is 0 Å². The number of benzene rings is 2. The van der Waals surface area contributed by atoms with Crippen molar-refractivity contribution >= 4 is 24.4 Å². The molecule has 0 saturated carbocycles. The molecule has 2 aromatic carbocycles. The summed E-state index contributed by atoms with van der Waals surface area (Å²) in [6.07, 6.45) is 2.05. The highest BCUT2D eigenvalue weighted by Gasteiger charge is 2.07. The van der Waals surface area contributed by atoms with Crippen LogP contribution in [0, 0.1) is 13.8 Å². The highest BCUT2D eigenvalue weighted by atomic mass is 32.2. The zero-order valence-corrected chi connectivity index (χ0v) is 12.4. The Morgan fingerprint density at radius 2 is 1.56 bits per heavy atom. The van der Waals surface area contributed by atoms with Gasteiger partial charge in [0, 0.05) is 4.90 Å². The standard InChI is InChI=1S/C15H16OS2/c1-10-4-6-12(14(17)8-10)16-13-7-5-11(2)9-15(13)18-3/h4-9,17H,1-3H3. The predicted octanol–water partition coefficient (Wildman–Crippen LogP) is 5.11. The molecular formula is C15H16OS2. The smallest absolute Gasteiger partial charge is 0.141 e. The van der Waals surface area contributed by atoms with E-state index in [0.29, 0.717) is 0 Å². The molecule has 0 fully saturated rings. The van der Waals surface area contributed by atoms with Gasteiger partial charge in [-0.05, 0) is 55.5 Å². The number of thiol groups is 1. The van der Waals surface area contributed by atoms with Gasteiger partial charge in [0.1, 0.15) is 11.5 Å². The van der Waals surface area contributed by atoms with E-state index in [1.807, 2.05) is 31.2 Å². The van der Waals surface area contributed by atoms with Crippen molar-refractivity contribution in [3.05, 3.63) is 47.5 Å². The van der Waals surface area contributed by atoms with Gasteiger partial charge < -0.3 is 4.74 Å². The van der Waals surface area contributed by atoms with Crippen molar-refractivity contribution in [3.63, 3.8) is 0 Å². The van der Waals surface area contributed by atoms with Crippen molar-refractivity contribution in [1.29, 1.82) is 0 Å². The summed E-state index contributed by atoms with van der Waals surface area (Å²) in [5, 5.41) is 0. The fraction of sp³-hybridized carbons (Fsp3) is 0.200. The number of aryl methyl sites for hydroxylation is 2. The Labute approximate surface area is 118 Å². The van der Waals surface area contributed by atoms with Gasteiger partial charge in [-0.15, -0.1) is 24.4 Å². The van der Waals surface area contributed by atoms with E-state index in [1.165, 1.54) is 11.1 Å². The van der Waals surface area contributed by atoms with Gasteiger partial charge in [0.25, 0.3) is 0 Å². The maximum Gasteiger partial charge on any atom is 0.141 e. The molecule has 0 aromatic heterocycles. The van der Waals surface area contributed by atoms with Crippen LogP contribution in [0.3, 0.4) is 0 Å². The minimum Gasteiger partial charge on any atom is -0.455 e. The topological polar surface area (TPSA) is 9.23 Å². The third kappa shape index (κ3) is 3.03. The van der Waals surface area contributed by atoms with E-state index < -0.39 is 0 Å². The summed E-state index contributed by atoms with van der Waals surface area (Å²) in [7, 11) is 0. The Morgan fingerprint density at radius 1 is 0.944 bits per heavy atom. The average Bonchev–Trinajstić information content (AvgIpc) is 2.34. The molecule has 0 saturated heterocycles. The lowest BCUT2D eigenvalue weighted by atomic mass is 10.2. The molecule has 0 aliphatic heterocycles. The normalized spacial score (nSPS) is 10.4. The van der Waals surface area contributed by atoms with E-state index in [1.54, 1.807) is 11.8 Å². The summed E-state index contributed by atoms with van der Waals surface area (Å²) in [4.78, 5) is 2.01. The van der Waals surface area contributed by atoms with E-state index in [2.05, 4.69) is 37.9 Å². The van der Waals surface area contributed by atoms with Crippen LogP contribution in [0.1, 0.15) is 11.1 Å². The quantitative estimate of drug-likeness (QED) is 0.616. The van der Waals surface area contributed by atoms with Crippen molar-refractivity contribution in [2.45, 2.75) is 23.6 Å². The van der Waals surface area contributed by atoms with Gasteiger partial charge in [-0.3, -0.25) is 0 Å². The first-order valence-corrected chi connectivity index (χ1v) is 7.39. The maximum atomic E-state index is 5.94. The summed E-state index contributed by atoms with van der Waals surface area (Å²) >= 11 is 6.14. The Bertz CT molecular complexity index is 564. The lowest BCUT2D eigenvalue weighted by molar-refractivity contribution is 0.460. The van der Waals surface area contributed by atoms with Crippen LogP contribution in [0.25, 0.3) is 0 Å². The third-order valence-electron chi connectivity index (χ3n) is 2.65. The summed E-state index contributed by atoms with van der Waals surface area (Å²) in [6.45, 7) is 4.13. The molecule has 0 unspecified atom stereocenters. The molecule has 0 atom stereocenters. The molecule has 18 heavy (non-hydrogen) atoms. The average molecular weight is 276 g/mol. The van der Waals surface area contributed by atoms with E-state index >= 15 is 0 Å². The molecular weight excluding hydrogens is 260 g/mol. The molecule has 2 rings (SSSR count). The monoisotopic (exact) mass is 276 g/mol. The van der Waals surface area contributed by atoms with Crippen LogP contribution in [-0.2, 0) is 0 Å². The summed E-state index contributed by atoms with van der Waals surface area (Å²) in [5.74, 6) is 1.68. The first-order chi connectivity index (χ1) is 8.60. The van der Waals surface area contributed by atoms with Crippen LogP contribution in [0.15, 0.2) is 46.2 Å². The van der Waals surface area contributed by atoms with Crippen molar-refractivity contribution < 1.29 is 4.74 Å². The van der Waals surface area contributed by atoms with Gasteiger partial charge in [0.15, 0.2) is 0 Å². The van der Waals surface area contributed by atoms with Crippen LogP contribution < -0.4 is 4.74 Å². The molecule has 0 heterocycles. The van der Waals surface area contributed by atoms with Crippen molar-refractivity contribution in [2.75, 3.05) is 6.26 Å². The zero-order valence-electron chi connectivity index (χ0n) is 10.7. The van der Waals surface area contributed by atoms with Crippen LogP contribution in [0.2, 0.25) is 0 Å². The fourth-order valence-corrected chi connectivity index (χ4v) is 2.63. The van der Waals surface area contributed by atoms with Gasteiger partial charge in [0.2, 0.25) is 0 Å². The number of hydrogen-bond acceptors (Lipinski definition) is 3. The highest BCUT2D eigenvalue weighted by Crippen LogP contribution is 2.35. The van der Waals surface area contributed by atoms with E-state index in [-0.39, 0.29) is 0 Å². The maximum absolute atomic E-state index is 5.94. The predicted molar refractivity (Wildman–Crippen MR) is 81.5 cm³/mol. The number of ether oxygens (including phenoxy) is 1. The molecule has 0 spiro atoms. The minimum absolute atomic E-state index is 0.795. The lowest BCUT2D eigenvalue weighted by Gasteiger charge is -2.12. The van der Waals surface area contributed by atoms with Crippen LogP contribution in [-0.4, -0.2) is 6.26 Å². The van der Waals surface area contributed by atoms with Gasteiger partial charge in [-0.1, -0.05) is 12.1 Å². The van der Waals surface area contributed by atoms with Crippen LogP contribution >= 0.6 is 24.4 Å². The third-order valence-corrected chi connectivity index (χ3v) is 3.76. The van der Waals surface area contributed by atoms with Crippen molar-refractivity contribution in [2.24, 2.45) is 0 Å². The second-order valence-corrected chi connectivity index (χ2v) is 5.56. The molecule has 2 aromatic rings. The van der Waals surface area contributed by atoms with Crippen molar-refractivity contribution in [3.8, 4) is 11.5 Å². The molecule has 0 aliphatic carbocycles. The Morgan fingerprint density at radius 3 is 2.17 bits per heavy atom. The van der Waals surface area contributed by atoms with Crippen LogP contribution in [0.4, 0.5) is 0 Å². The fourth-order valence-electron chi connectivity index (χ4n) is 1.69. The highest BCUT2D eigenvalue weighted by molar-refractivity contribution is 7.98. The van der Waals surface area contributed by atoms with Gasteiger partial charge in [-0.2, -0.15) is 0 Å². The molecule has 1 nitrogen and oxygen atoms in total. The Balaban J connectivity index is 2.33. The van der Waals surface area contributed by atoms with Crippen LogP contribution in [0.5, 0.6) is 11.5 Å². The first-order valence-electron chi connectivity index (χ1n) is 5.72. The van der Waals surface area contributed by atoms with Gasteiger partial charge in [0.05, 0.1) is 4.90 Å². The summed E-state index contributed by atoms with van der Waals surface area (Å²) in [5.41, 5.74) is 2.42. The second-order valence-electron chi connectivity index (χ2n) is 4.23. The Hall–Kier alpha value is -1.06. The molecule has 0 radical (unpaired) electrons. The van der Waals surface area contributed by atoms with E-state index in [9.17, 15) is 0 Å². The lowest BCUT2D eigenvalue weighted by Crippen LogP contribution is -1.89. The first kappa shape index (κ1) is 13.4. The molecule has 94 valence electrons. The number of rotatable bonds is 3. The molecule has 0 bridgehead atoms. The van der Waals surface area contributed by atoms with E-state index in [4.69, 9.17) is 4.74 Å². The van der Waals surface area contributed by atoms with Gasteiger partial charge >= 0.3 is 0 Å². The molecule has 0 aliphatic rings.